The van der Waals surface area contributed by atoms with E-state index in [1.54, 1.807) is 0 Å². The lowest BCUT2D eigenvalue weighted by Crippen LogP contribution is -2.35. The summed E-state index contributed by atoms with van der Waals surface area (Å²) in [7, 11) is 0. The Balaban J connectivity index is 1.42. The minimum Gasteiger partial charge on any atom is -0.490 e. The molecule has 8 nitrogen and oxygen atoms in total. The van der Waals surface area contributed by atoms with Crippen LogP contribution in [0.3, 0.4) is 0 Å². The normalized spacial score (nSPS) is 17.7. The average molecular weight is 512 g/mol. The Bertz CT molecular complexity index is 1080. The number of benzene rings is 2. The van der Waals surface area contributed by atoms with Gasteiger partial charge in [-0.3, -0.25) is 14.4 Å². The molecule has 2 amide bonds. The maximum atomic E-state index is 14.4. The van der Waals surface area contributed by atoms with E-state index in [1.165, 1.54) is 12.1 Å². The van der Waals surface area contributed by atoms with Crippen molar-refractivity contribution in [1.29, 1.82) is 0 Å². The predicted molar refractivity (Wildman–Crippen MR) is 118 cm³/mol. The molecule has 0 aromatic heterocycles. The molecule has 0 atom stereocenters. The van der Waals surface area contributed by atoms with Crippen LogP contribution in [0.25, 0.3) is 0 Å². The number of hydrogen-bond acceptors (Lipinski definition) is 5. The third-order valence-electron chi connectivity index (χ3n) is 5.56. The molecule has 3 N–H and O–H groups in total. The van der Waals surface area contributed by atoms with E-state index < -0.39 is 41.6 Å². The van der Waals surface area contributed by atoms with Crippen molar-refractivity contribution in [1.82, 2.24) is 10.6 Å². The Kier molecular flexibility index (Phi) is 8.73. The molecule has 1 fully saturated rings. The molecule has 0 saturated heterocycles. The number of aliphatic carboxylic acids is 1. The van der Waals surface area contributed by atoms with E-state index in [-0.39, 0.29) is 36.1 Å². The molecule has 0 radical (unpaired) electrons. The first-order chi connectivity index (χ1) is 17.0. The van der Waals surface area contributed by atoms with E-state index in [1.807, 2.05) is 0 Å². The summed E-state index contributed by atoms with van der Waals surface area (Å²) in [4.78, 5) is 35.4. The number of nitrogens with one attached hydrogen (secondary N) is 2. The maximum Gasteiger partial charge on any atom is 0.573 e. The van der Waals surface area contributed by atoms with Crippen LogP contribution in [0.4, 0.5) is 17.6 Å². The van der Waals surface area contributed by atoms with Crippen LogP contribution in [0.15, 0.2) is 42.5 Å². The Morgan fingerprint density at radius 2 is 1.47 bits per heavy atom. The van der Waals surface area contributed by atoms with Gasteiger partial charge in [-0.25, -0.2) is 4.39 Å². The van der Waals surface area contributed by atoms with E-state index in [0.717, 1.165) is 30.3 Å². The van der Waals surface area contributed by atoms with Gasteiger partial charge < -0.3 is 25.2 Å². The summed E-state index contributed by atoms with van der Waals surface area (Å²) in [6, 6.07) is 8.13. The first kappa shape index (κ1) is 26.8. The number of halogens is 4. The van der Waals surface area contributed by atoms with Gasteiger partial charge in [0.1, 0.15) is 17.3 Å². The van der Waals surface area contributed by atoms with Crippen molar-refractivity contribution in [3.8, 4) is 11.5 Å². The Labute approximate surface area is 203 Å². The maximum absolute atomic E-state index is 14.4. The van der Waals surface area contributed by atoms with Gasteiger partial charge in [0.25, 0.3) is 11.8 Å². The molecule has 3 rings (SSSR count). The second-order valence-electron chi connectivity index (χ2n) is 8.16. The summed E-state index contributed by atoms with van der Waals surface area (Å²) >= 11 is 0. The summed E-state index contributed by atoms with van der Waals surface area (Å²) in [6.45, 7) is -0.0302. The van der Waals surface area contributed by atoms with Crippen molar-refractivity contribution in [3.05, 3.63) is 59.4 Å². The number of rotatable bonds is 9. The molecule has 0 spiro atoms. The number of carbonyl (C=O) groups excluding carboxylic acids is 2. The smallest absolute Gasteiger partial charge is 0.490 e. The number of ether oxygens (including phenoxy) is 2. The summed E-state index contributed by atoms with van der Waals surface area (Å²) in [5, 5.41) is 14.0. The van der Waals surface area contributed by atoms with Gasteiger partial charge in [0.2, 0.25) is 0 Å². The van der Waals surface area contributed by atoms with Crippen molar-refractivity contribution in [2.24, 2.45) is 5.92 Å². The van der Waals surface area contributed by atoms with Crippen LogP contribution in [0, 0.1) is 11.7 Å². The zero-order chi connectivity index (χ0) is 26.3. The van der Waals surface area contributed by atoms with E-state index in [9.17, 15) is 31.9 Å². The molecule has 0 unspecified atom stereocenters. The predicted octanol–water partition coefficient (Wildman–Crippen LogP) is 3.91. The van der Waals surface area contributed by atoms with Gasteiger partial charge in [-0.05, 0) is 62.1 Å². The molecule has 1 saturated carbocycles. The molecule has 194 valence electrons. The zero-order valence-electron chi connectivity index (χ0n) is 18.9. The van der Waals surface area contributed by atoms with Crippen LogP contribution in [0.2, 0.25) is 0 Å². The number of amides is 2. The number of carboxylic acids is 1. The van der Waals surface area contributed by atoms with E-state index in [4.69, 9.17) is 9.84 Å². The highest BCUT2D eigenvalue weighted by atomic mass is 19.4. The van der Waals surface area contributed by atoms with Crippen LogP contribution in [0.1, 0.15) is 46.4 Å². The molecule has 0 bridgehead atoms. The molecule has 2 aromatic rings. The van der Waals surface area contributed by atoms with Gasteiger partial charge in [0.05, 0.1) is 17.6 Å². The van der Waals surface area contributed by atoms with Gasteiger partial charge in [-0.15, -0.1) is 13.2 Å². The van der Waals surface area contributed by atoms with Crippen LogP contribution in [-0.2, 0) is 4.79 Å². The van der Waals surface area contributed by atoms with Crippen molar-refractivity contribution < 1.29 is 46.5 Å². The molecule has 0 aliphatic heterocycles. The SMILES string of the molecule is O=C(NCCNC(=O)c1ccc(OC2CCC(C(=O)O)CC2)cc1F)c1ccc(OC(F)(F)F)cc1. The highest BCUT2D eigenvalue weighted by Crippen LogP contribution is 2.28. The highest BCUT2D eigenvalue weighted by molar-refractivity contribution is 5.95. The van der Waals surface area contributed by atoms with Gasteiger partial charge in [-0.2, -0.15) is 0 Å². The van der Waals surface area contributed by atoms with Crippen LogP contribution in [0.5, 0.6) is 11.5 Å². The number of carboxylic acid groups (broad SMARTS) is 1. The molecule has 2 aromatic carbocycles. The fraction of sp³-hybridized carbons (Fsp3) is 0.375. The number of alkyl halides is 3. The van der Waals surface area contributed by atoms with Crippen molar-refractivity contribution in [2.75, 3.05) is 13.1 Å². The third-order valence-corrected chi connectivity index (χ3v) is 5.56. The summed E-state index contributed by atoms with van der Waals surface area (Å²) < 4.78 is 60.5. The first-order valence-corrected chi connectivity index (χ1v) is 11.1. The van der Waals surface area contributed by atoms with E-state index >= 15 is 0 Å². The van der Waals surface area contributed by atoms with E-state index in [2.05, 4.69) is 15.4 Å². The standard InChI is InChI=1S/C24H24F4N2O6/c25-20-13-18(35-16-5-3-15(4-6-16)23(33)34)9-10-19(20)22(32)30-12-11-29-21(31)14-1-7-17(8-2-14)36-24(26,27)28/h1-2,7-10,13,15-16H,3-6,11-12H2,(H,29,31)(H,30,32)(H,33,34). The lowest BCUT2D eigenvalue weighted by molar-refractivity contribution is -0.274. The molecule has 0 heterocycles. The molecule has 1 aliphatic carbocycles. The quantitative estimate of drug-likeness (QED) is 0.347. The molecular formula is C24H24F4N2O6. The Morgan fingerprint density at radius 3 is 2.03 bits per heavy atom. The summed E-state index contributed by atoms with van der Waals surface area (Å²) in [6.07, 6.45) is -3.01. The highest BCUT2D eigenvalue weighted by Gasteiger charge is 2.31. The Morgan fingerprint density at radius 1 is 0.889 bits per heavy atom. The first-order valence-electron chi connectivity index (χ1n) is 11.1. The monoisotopic (exact) mass is 512 g/mol. The molecule has 36 heavy (non-hydrogen) atoms. The third kappa shape index (κ3) is 7.85. The van der Waals surface area contributed by atoms with Crippen molar-refractivity contribution >= 4 is 17.8 Å². The second kappa shape index (κ2) is 11.7. The number of hydrogen-bond donors (Lipinski definition) is 3. The largest absolute Gasteiger partial charge is 0.573 e. The van der Waals surface area contributed by atoms with Crippen LogP contribution >= 0.6 is 0 Å². The average Bonchev–Trinajstić information content (AvgIpc) is 2.81. The minimum absolute atomic E-state index is 0.00674. The van der Waals surface area contributed by atoms with Gasteiger partial charge in [0, 0.05) is 24.7 Å². The fourth-order valence-electron chi connectivity index (χ4n) is 3.73. The Hall–Kier alpha value is -3.83. The van der Waals surface area contributed by atoms with Gasteiger partial charge >= 0.3 is 12.3 Å². The second-order valence-corrected chi connectivity index (χ2v) is 8.16. The van der Waals surface area contributed by atoms with Crippen molar-refractivity contribution in [3.63, 3.8) is 0 Å². The minimum atomic E-state index is -4.84. The summed E-state index contributed by atoms with van der Waals surface area (Å²) in [5.74, 6) is -3.53. The molecule has 1 aliphatic rings. The van der Waals surface area contributed by atoms with E-state index in [0.29, 0.717) is 25.7 Å². The van der Waals surface area contributed by atoms with Gasteiger partial charge in [0.15, 0.2) is 0 Å². The molecular weight excluding hydrogens is 488 g/mol. The number of carbonyl (C=O) groups is 3. The fourth-order valence-corrected chi connectivity index (χ4v) is 3.73. The van der Waals surface area contributed by atoms with Gasteiger partial charge in [-0.1, -0.05) is 0 Å². The lowest BCUT2D eigenvalue weighted by atomic mass is 9.87. The van der Waals surface area contributed by atoms with Crippen LogP contribution in [-0.4, -0.2) is 48.4 Å². The molecule has 12 heteroatoms. The topological polar surface area (TPSA) is 114 Å². The van der Waals surface area contributed by atoms with Crippen molar-refractivity contribution in [2.45, 2.75) is 38.1 Å². The van der Waals surface area contributed by atoms with Crippen LogP contribution < -0.4 is 20.1 Å². The lowest BCUT2D eigenvalue weighted by Gasteiger charge is -2.26. The zero-order valence-corrected chi connectivity index (χ0v) is 18.9. The summed E-state index contributed by atoms with van der Waals surface area (Å²) in [5.41, 5.74) is -0.127.